The van der Waals surface area contributed by atoms with Gasteiger partial charge in [0.05, 0.1) is 63.8 Å². The Morgan fingerprint density at radius 2 is 1.33 bits per heavy atom. The third kappa shape index (κ3) is 15.0. The van der Waals surface area contributed by atoms with Crippen molar-refractivity contribution in [2.75, 3.05) is 19.0 Å². The lowest BCUT2D eigenvalue weighted by atomic mass is 9.84. The number of carbonyl (C=O) groups excluding carboxylic acids is 1. The quantitative estimate of drug-likeness (QED) is 0.0380. The topological polar surface area (TPSA) is 205 Å². The standard InChI is InChI=1S/C20H31N3O2.C16H19NO4S2.C11H17N3O/c1-15(4-6-16-7-9-17(10-8-16)22-23-21)5-11-18-12-20(14-24-20)13-19(2,3)25-18;1-15(2)9-16(10-20-16)7-11(21-15)8-23(18,19)14-17-12-5-3-4-6-13(12)22-14;1-9(8-15)2-3-10-4-6-11(7-5-10)13-14-12/h4-5,11,16-18H,6-10,12-14H2,1-3H3;3-6,11H,7-10H2,1-2H3;2,8,10-11H,3-7H2,1H3/b11-5+,15-4+;;9-2+/t16?,17?,18-,20-;11-,16+;/m10./s1. The number of fused-ring (bicyclic) bond motifs is 1. The molecule has 6 aliphatic rings. The molecule has 2 saturated carbocycles. The number of epoxide rings is 2. The first-order valence-corrected chi connectivity index (χ1v) is 25.2. The van der Waals surface area contributed by atoms with Crippen molar-refractivity contribution in [1.82, 2.24) is 4.98 Å². The van der Waals surface area contributed by atoms with Gasteiger partial charge in [0.2, 0.25) is 14.2 Å². The summed E-state index contributed by atoms with van der Waals surface area (Å²) in [4.78, 5) is 20.4. The van der Waals surface area contributed by atoms with E-state index >= 15 is 0 Å². The Labute approximate surface area is 377 Å². The molecule has 0 amide bonds. The summed E-state index contributed by atoms with van der Waals surface area (Å²) in [6, 6.07) is 7.88. The van der Waals surface area contributed by atoms with E-state index in [1.54, 1.807) is 0 Å². The number of aromatic nitrogens is 1. The number of hydrogen-bond donors (Lipinski definition) is 0. The first kappa shape index (κ1) is 48.9. The SMILES string of the molecule is C/C(C=O)=C\CC1CCC(N=[N+]=[N-])CC1.CC(/C=C/[C@@H]1C[C@]2(CO2)CC(C)(C)O1)=C\CC1CCC(N=[N+]=[N-])CC1.CC1(C)C[C@@]2(CO2)C[C@@H](CS(=O)(=O)c2nc3ccccc3s2)O1. The van der Waals surface area contributed by atoms with Crippen LogP contribution in [0.3, 0.4) is 0 Å². The molecule has 344 valence electrons. The van der Waals surface area contributed by atoms with Crippen molar-refractivity contribution in [3.63, 3.8) is 0 Å². The summed E-state index contributed by atoms with van der Waals surface area (Å²) in [5, 5.41) is 7.59. The van der Waals surface area contributed by atoms with Gasteiger partial charge in [-0.3, -0.25) is 4.79 Å². The number of benzene rings is 1. The lowest BCUT2D eigenvalue weighted by Crippen LogP contribution is -2.46. The molecular weight excluding hydrogens is 839 g/mol. The fourth-order valence-corrected chi connectivity index (χ4v) is 12.6. The molecule has 2 spiro atoms. The summed E-state index contributed by atoms with van der Waals surface area (Å²) >= 11 is 1.22. The molecule has 2 aliphatic carbocycles. The third-order valence-electron chi connectivity index (χ3n) is 13.0. The molecule has 16 heteroatoms. The highest BCUT2D eigenvalue weighted by Gasteiger charge is 2.55. The van der Waals surface area contributed by atoms with Gasteiger partial charge in [0.25, 0.3) is 0 Å². The minimum atomic E-state index is -3.47. The van der Waals surface area contributed by atoms with Crippen LogP contribution in [0.5, 0.6) is 0 Å². The van der Waals surface area contributed by atoms with Crippen LogP contribution < -0.4 is 0 Å². The Kier molecular flexibility index (Phi) is 16.4. The lowest BCUT2D eigenvalue weighted by Gasteiger charge is -2.39. The number of sulfone groups is 1. The molecule has 5 heterocycles. The Morgan fingerprint density at radius 3 is 1.86 bits per heavy atom. The summed E-state index contributed by atoms with van der Waals surface area (Å²) in [5.74, 6) is 1.34. The second kappa shape index (κ2) is 21.1. The molecule has 0 N–H and O–H groups in total. The first-order chi connectivity index (χ1) is 29.9. The molecule has 6 fully saturated rings. The Hall–Kier alpha value is -3.59. The molecule has 0 bridgehead atoms. The van der Waals surface area contributed by atoms with Gasteiger partial charge in [0, 0.05) is 47.6 Å². The van der Waals surface area contributed by atoms with E-state index in [-0.39, 0.29) is 56.8 Å². The molecule has 63 heavy (non-hydrogen) atoms. The zero-order valence-corrected chi connectivity index (χ0v) is 39.6. The van der Waals surface area contributed by atoms with Crippen LogP contribution in [0.1, 0.15) is 131 Å². The van der Waals surface area contributed by atoms with Crippen LogP contribution >= 0.6 is 11.3 Å². The molecule has 0 radical (unpaired) electrons. The number of ether oxygens (including phenoxy) is 4. The maximum Gasteiger partial charge on any atom is 0.210 e. The molecular formula is C47H67N7O7S2. The van der Waals surface area contributed by atoms with E-state index in [4.69, 9.17) is 30.0 Å². The van der Waals surface area contributed by atoms with Crippen molar-refractivity contribution in [1.29, 1.82) is 0 Å². The van der Waals surface area contributed by atoms with Crippen molar-refractivity contribution in [2.24, 2.45) is 22.1 Å². The highest BCUT2D eigenvalue weighted by molar-refractivity contribution is 7.93. The highest BCUT2D eigenvalue weighted by Crippen LogP contribution is 2.47. The van der Waals surface area contributed by atoms with Gasteiger partial charge >= 0.3 is 0 Å². The molecule has 2 aromatic rings. The van der Waals surface area contributed by atoms with Gasteiger partial charge in [-0.15, -0.1) is 11.3 Å². The predicted octanol–water partition coefficient (Wildman–Crippen LogP) is 11.7. The maximum atomic E-state index is 12.7. The minimum absolute atomic E-state index is 0.0403. The average Bonchev–Trinajstić information content (AvgIpc) is 4.11. The van der Waals surface area contributed by atoms with Crippen LogP contribution in [-0.2, 0) is 33.6 Å². The Balaban J connectivity index is 0.000000163. The van der Waals surface area contributed by atoms with E-state index < -0.39 is 9.84 Å². The summed E-state index contributed by atoms with van der Waals surface area (Å²) in [5.41, 5.74) is 19.1. The number of azide groups is 2. The zero-order chi connectivity index (χ0) is 45.3. The Bertz CT molecular complexity index is 2140. The molecule has 14 nitrogen and oxygen atoms in total. The fraction of sp³-hybridized carbons (Fsp3) is 0.702. The van der Waals surface area contributed by atoms with E-state index in [0.29, 0.717) is 18.9 Å². The number of rotatable bonds is 12. The van der Waals surface area contributed by atoms with Crippen LogP contribution in [0.2, 0.25) is 0 Å². The number of aldehydes is 1. The van der Waals surface area contributed by atoms with Crippen LogP contribution in [0.15, 0.2) is 74.3 Å². The molecule has 4 saturated heterocycles. The normalized spacial score (nSPS) is 32.3. The van der Waals surface area contributed by atoms with Crippen molar-refractivity contribution in [3.05, 3.63) is 80.6 Å². The highest BCUT2D eigenvalue weighted by atomic mass is 32.2. The van der Waals surface area contributed by atoms with E-state index in [2.05, 4.69) is 64.0 Å². The fourth-order valence-electron chi connectivity index (χ4n) is 9.87. The molecule has 4 atom stereocenters. The monoisotopic (exact) mass is 905 g/mol. The maximum absolute atomic E-state index is 12.7. The second-order valence-corrected chi connectivity index (χ2v) is 23.2. The van der Waals surface area contributed by atoms with Crippen molar-refractivity contribution < 1.29 is 32.2 Å². The van der Waals surface area contributed by atoms with Crippen LogP contribution in [0, 0.1) is 11.8 Å². The van der Waals surface area contributed by atoms with Crippen molar-refractivity contribution in [2.45, 2.75) is 182 Å². The number of hydrogen-bond acceptors (Lipinski definition) is 11. The van der Waals surface area contributed by atoms with Crippen LogP contribution in [-0.4, -0.2) is 85.4 Å². The number of allylic oxidation sites excluding steroid dienone is 5. The number of carbonyl (C=O) groups is 1. The minimum Gasteiger partial charge on any atom is -0.371 e. The lowest BCUT2D eigenvalue weighted by molar-refractivity contribution is -0.121. The van der Waals surface area contributed by atoms with E-state index in [0.717, 1.165) is 118 Å². The van der Waals surface area contributed by atoms with Crippen molar-refractivity contribution >= 4 is 37.7 Å². The molecule has 8 rings (SSSR count). The van der Waals surface area contributed by atoms with Crippen LogP contribution in [0.25, 0.3) is 31.1 Å². The second-order valence-electron chi connectivity index (χ2n) is 20.0. The zero-order valence-electron chi connectivity index (χ0n) is 38.0. The number of nitrogens with zero attached hydrogens (tertiary/aromatic N) is 7. The average molecular weight is 906 g/mol. The summed E-state index contributed by atoms with van der Waals surface area (Å²) < 4.78 is 50.0. The summed E-state index contributed by atoms with van der Waals surface area (Å²) in [6.45, 7) is 13.9. The van der Waals surface area contributed by atoms with Gasteiger partial charge in [-0.1, -0.05) is 52.2 Å². The smallest absolute Gasteiger partial charge is 0.210 e. The third-order valence-corrected chi connectivity index (χ3v) is 16.3. The molecule has 4 aliphatic heterocycles. The largest absolute Gasteiger partial charge is 0.371 e. The first-order valence-electron chi connectivity index (χ1n) is 22.7. The van der Waals surface area contributed by atoms with Gasteiger partial charge in [-0.2, -0.15) is 0 Å². The van der Waals surface area contributed by atoms with E-state index in [9.17, 15) is 13.2 Å². The summed E-state index contributed by atoms with van der Waals surface area (Å²) in [6.07, 6.45) is 23.5. The summed E-state index contributed by atoms with van der Waals surface area (Å²) in [7, 11) is -3.47. The predicted molar refractivity (Wildman–Crippen MR) is 247 cm³/mol. The van der Waals surface area contributed by atoms with E-state index in [1.807, 2.05) is 51.1 Å². The van der Waals surface area contributed by atoms with E-state index in [1.165, 1.54) is 16.9 Å². The Morgan fingerprint density at radius 1 is 0.810 bits per heavy atom. The van der Waals surface area contributed by atoms with Gasteiger partial charge in [0.15, 0.2) is 0 Å². The molecule has 1 aromatic carbocycles. The van der Waals surface area contributed by atoms with Crippen LogP contribution in [0.4, 0.5) is 0 Å². The van der Waals surface area contributed by atoms with Gasteiger partial charge in [-0.25, -0.2) is 13.4 Å². The van der Waals surface area contributed by atoms with Gasteiger partial charge in [-0.05, 0) is 146 Å². The van der Waals surface area contributed by atoms with Crippen molar-refractivity contribution in [3.8, 4) is 0 Å². The molecule has 0 unspecified atom stereocenters. The number of thiazole rings is 1. The molecule has 1 aromatic heterocycles. The van der Waals surface area contributed by atoms with Gasteiger partial charge < -0.3 is 18.9 Å². The van der Waals surface area contributed by atoms with Gasteiger partial charge in [0.1, 0.15) is 6.29 Å². The number of para-hydroxylation sites is 1.